The second kappa shape index (κ2) is 8.09. The summed E-state index contributed by atoms with van der Waals surface area (Å²) in [5.74, 6) is 0. The quantitative estimate of drug-likeness (QED) is 0.759. The molecule has 1 aromatic carbocycles. The Labute approximate surface area is 124 Å². The van der Waals surface area contributed by atoms with E-state index in [0.717, 1.165) is 48.1 Å². The zero-order valence-electron chi connectivity index (χ0n) is 12.1. The van der Waals surface area contributed by atoms with Crippen molar-refractivity contribution in [3.05, 3.63) is 34.8 Å². The minimum Gasteiger partial charge on any atom is -0.383 e. The number of aromatic nitrogens is 2. The highest BCUT2D eigenvalue weighted by Gasteiger charge is 2.06. The van der Waals surface area contributed by atoms with Crippen LogP contribution in [-0.2, 0) is 17.6 Å². The lowest BCUT2D eigenvalue weighted by Crippen LogP contribution is -2.21. The summed E-state index contributed by atoms with van der Waals surface area (Å²) in [4.78, 5) is 0. The number of rotatable bonds is 8. The number of nitrogens with one attached hydrogen (secondary N) is 1. The maximum absolute atomic E-state index is 4.99. The smallest absolute Gasteiger partial charge is 0.147 e. The number of nitrogens with zero attached hydrogens (tertiary/aromatic N) is 2. The van der Waals surface area contributed by atoms with E-state index in [1.54, 1.807) is 18.4 Å². The van der Waals surface area contributed by atoms with Gasteiger partial charge < -0.3 is 10.1 Å². The summed E-state index contributed by atoms with van der Waals surface area (Å²) >= 11 is 1.67. The highest BCUT2D eigenvalue weighted by molar-refractivity contribution is 7.14. The van der Waals surface area contributed by atoms with Crippen molar-refractivity contribution >= 4 is 11.3 Å². The summed E-state index contributed by atoms with van der Waals surface area (Å²) in [5, 5.41) is 13.9. The first-order valence-corrected chi connectivity index (χ1v) is 7.76. The van der Waals surface area contributed by atoms with Gasteiger partial charge in [-0.05, 0) is 12.0 Å². The molecule has 0 bridgehead atoms. The summed E-state index contributed by atoms with van der Waals surface area (Å²) in [6.07, 6.45) is 1.98. The molecule has 2 aromatic rings. The summed E-state index contributed by atoms with van der Waals surface area (Å²) in [5.41, 5.74) is 2.50. The van der Waals surface area contributed by atoms with Crippen LogP contribution in [0.3, 0.4) is 0 Å². The number of ether oxygens (including phenoxy) is 1. The third-order valence-corrected chi connectivity index (χ3v) is 4.11. The van der Waals surface area contributed by atoms with Gasteiger partial charge in [-0.25, -0.2) is 0 Å². The maximum atomic E-state index is 4.99. The van der Waals surface area contributed by atoms with E-state index in [9.17, 15) is 0 Å². The Morgan fingerprint density at radius 3 is 2.65 bits per heavy atom. The van der Waals surface area contributed by atoms with E-state index in [1.165, 1.54) is 5.56 Å². The highest BCUT2D eigenvalue weighted by atomic mass is 32.1. The first-order valence-electron chi connectivity index (χ1n) is 6.95. The van der Waals surface area contributed by atoms with Crippen LogP contribution in [0.2, 0.25) is 0 Å². The van der Waals surface area contributed by atoms with Crippen molar-refractivity contribution in [2.24, 2.45) is 0 Å². The van der Waals surface area contributed by atoms with E-state index in [4.69, 9.17) is 4.74 Å². The van der Waals surface area contributed by atoms with Crippen LogP contribution in [0.1, 0.15) is 17.5 Å². The average molecular weight is 291 g/mol. The zero-order valence-corrected chi connectivity index (χ0v) is 12.9. The molecule has 0 radical (unpaired) electrons. The third-order valence-electron chi connectivity index (χ3n) is 3.07. The van der Waals surface area contributed by atoms with Gasteiger partial charge in [0.15, 0.2) is 0 Å². The molecule has 1 N–H and O–H groups in total. The van der Waals surface area contributed by atoms with Crippen LogP contribution in [0.15, 0.2) is 24.3 Å². The predicted octanol–water partition coefficient (Wildman–Crippen LogP) is 2.55. The fraction of sp³-hybridized carbons (Fsp3) is 0.467. The van der Waals surface area contributed by atoms with Gasteiger partial charge >= 0.3 is 0 Å². The molecule has 1 heterocycles. The molecule has 0 atom stereocenters. The van der Waals surface area contributed by atoms with Gasteiger partial charge in [0.25, 0.3) is 0 Å². The highest BCUT2D eigenvalue weighted by Crippen LogP contribution is 2.23. The number of hydrogen-bond donors (Lipinski definition) is 1. The molecule has 4 nitrogen and oxygen atoms in total. The van der Waals surface area contributed by atoms with Gasteiger partial charge in [-0.15, -0.1) is 10.2 Å². The molecular formula is C15H21N3OS. The summed E-state index contributed by atoms with van der Waals surface area (Å²) < 4.78 is 4.99. The summed E-state index contributed by atoms with van der Waals surface area (Å²) in [7, 11) is 1.71. The second-order valence-corrected chi connectivity index (χ2v) is 5.61. The zero-order chi connectivity index (χ0) is 14.2. The van der Waals surface area contributed by atoms with Crippen LogP contribution in [0.25, 0.3) is 10.6 Å². The van der Waals surface area contributed by atoms with E-state index >= 15 is 0 Å². The summed E-state index contributed by atoms with van der Waals surface area (Å²) in [6.45, 7) is 4.69. The van der Waals surface area contributed by atoms with Crippen molar-refractivity contribution in [1.82, 2.24) is 15.5 Å². The van der Waals surface area contributed by atoms with Crippen LogP contribution in [0.4, 0.5) is 0 Å². The van der Waals surface area contributed by atoms with E-state index in [2.05, 4.69) is 46.7 Å². The fourth-order valence-corrected chi connectivity index (χ4v) is 2.69. The molecular weight excluding hydrogens is 270 g/mol. The molecule has 5 heteroatoms. The van der Waals surface area contributed by atoms with Crippen LogP contribution >= 0.6 is 11.3 Å². The Bertz CT molecular complexity index is 510. The van der Waals surface area contributed by atoms with Crippen LogP contribution < -0.4 is 5.32 Å². The molecule has 108 valence electrons. The fourth-order valence-electron chi connectivity index (χ4n) is 1.85. The third kappa shape index (κ3) is 4.37. The lowest BCUT2D eigenvalue weighted by Gasteiger charge is -2.00. The van der Waals surface area contributed by atoms with E-state index in [0.29, 0.717) is 0 Å². The topological polar surface area (TPSA) is 47.0 Å². The molecule has 0 amide bonds. The van der Waals surface area contributed by atoms with Gasteiger partial charge in [-0.2, -0.15) is 0 Å². The first kappa shape index (κ1) is 15.1. The van der Waals surface area contributed by atoms with E-state index < -0.39 is 0 Å². The minimum absolute atomic E-state index is 0.741. The van der Waals surface area contributed by atoms with Crippen molar-refractivity contribution in [2.45, 2.75) is 19.8 Å². The molecule has 0 aliphatic carbocycles. The molecule has 0 aliphatic rings. The molecule has 0 spiro atoms. The monoisotopic (exact) mass is 291 g/mol. The Morgan fingerprint density at radius 1 is 1.15 bits per heavy atom. The number of aryl methyl sites for hydroxylation is 1. The Kier molecular flexibility index (Phi) is 6.11. The Hall–Kier alpha value is -1.30. The molecule has 0 aliphatic heterocycles. The SMILES string of the molecule is CCc1ccc(-c2nnc(CCNCCOC)s2)cc1. The van der Waals surface area contributed by atoms with Crippen molar-refractivity contribution in [1.29, 1.82) is 0 Å². The molecule has 0 fully saturated rings. The lowest BCUT2D eigenvalue weighted by molar-refractivity contribution is 0.199. The van der Waals surface area contributed by atoms with E-state index in [-0.39, 0.29) is 0 Å². The minimum atomic E-state index is 0.741. The molecule has 0 saturated carbocycles. The van der Waals surface area contributed by atoms with Gasteiger partial charge in [0.1, 0.15) is 10.0 Å². The number of methoxy groups -OCH3 is 1. The van der Waals surface area contributed by atoms with Crippen molar-refractivity contribution < 1.29 is 4.74 Å². The van der Waals surface area contributed by atoms with Crippen LogP contribution in [0.5, 0.6) is 0 Å². The van der Waals surface area contributed by atoms with E-state index in [1.807, 2.05) is 0 Å². The largest absolute Gasteiger partial charge is 0.383 e. The Morgan fingerprint density at radius 2 is 1.95 bits per heavy atom. The van der Waals surface area contributed by atoms with Gasteiger partial charge in [-0.1, -0.05) is 42.5 Å². The average Bonchev–Trinajstić information content (AvgIpc) is 2.96. The van der Waals surface area contributed by atoms with Gasteiger partial charge in [0.2, 0.25) is 0 Å². The second-order valence-electron chi connectivity index (χ2n) is 4.54. The number of benzene rings is 1. The standard InChI is InChI=1S/C15H21N3OS/c1-3-12-4-6-13(7-5-12)15-18-17-14(20-15)8-9-16-10-11-19-2/h4-7,16H,3,8-11H2,1-2H3. The summed E-state index contributed by atoms with van der Waals surface area (Å²) in [6, 6.07) is 8.56. The van der Waals surface area contributed by atoms with Gasteiger partial charge in [0, 0.05) is 32.2 Å². The first-order chi connectivity index (χ1) is 9.83. The molecule has 1 aromatic heterocycles. The van der Waals surface area contributed by atoms with Crippen molar-refractivity contribution in [3.8, 4) is 10.6 Å². The van der Waals surface area contributed by atoms with Crippen LogP contribution in [0, 0.1) is 0 Å². The van der Waals surface area contributed by atoms with Gasteiger partial charge in [-0.3, -0.25) is 0 Å². The van der Waals surface area contributed by atoms with Gasteiger partial charge in [0.05, 0.1) is 6.61 Å². The number of hydrogen-bond acceptors (Lipinski definition) is 5. The molecule has 2 rings (SSSR count). The Balaban J connectivity index is 1.87. The van der Waals surface area contributed by atoms with Crippen LogP contribution in [-0.4, -0.2) is 37.0 Å². The molecule has 0 saturated heterocycles. The van der Waals surface area contributed by atoms with Crippen molar-refractivity contribution in [3.63, 3.8) is 0 Å². The maximum Gasteiger partial charge on any atom is 0.147 e. The molecule has 20 heavy (non-hydrogen) atoms. The predicted molar refractivity (Wildman–Crippen MR) is 83.2 cm³/mol. The lowest BCUT2D eigenvalue weighted by atomic mass is 10.1. The van der Waals surface area contributed by atoms with Crippen molar-refractivity contribution in [2.75, 3.05) is 26.8 Å². The molecule has 0 unspecified atom stereocenters. The normalized spacial score (nSPS) is 10.9.